The Labute approximate surface area is 347 Å². The lowest BCUT2D eigenvalue weighted by Crippen LogP contribution is -2.59. The van der Waals surface area contributed by atoms with Gasteiger partial charge in [0.25, 0.3) is 0 Å². The fourth-order valence-corrected chi connectivity index (χ4v) is 7.21. The van der Waals surface area contributed by atoms with Gasteiger partial charge in [-0.25, -0.2) is 4.79 Å². The van der Waals surface area contributed by atoms with E-state index >= 15 is 0 Å². The first-order valence-electron chi connectivity index (χ1n) is 23.5. The van der Waals surface area contributed by atoms with Crippen LogP contribution in [0.4, 0.5) is 0 Å². The molecule has 1 heterocycles. The molecule has 334 valence electrons. The molecule has 0 aromatic carbocycles. The molecule has 0 aromatic heterocycles. The van der Waals surface area contributed by atoms with Crippen molar-refractivity contribution in [3.05, 3.63) is 24.3 Å². The van der Waals surface area contributed by atoms with E-state index in [1.54, 1.807) is 6.08 Å². The minimum absolute atomic E-state index is 0.260. The average Bonchev–Trinajstić information content (AvgIpc) is 3.21. The Morgan fingerprint density at radius 3 is 1.51 bits per heavy atom. The molecule has 10 heteroatoms. The first-order valence-corrected chi connectivity index (χ1v) is 23.5. The summed E-state index contributed by atoms with van der Waals surface area (Å²) in [5.74, 6) is -1.05. The number of ether oxygens (including phenoxy) is 4. The van der Waals surface area contributed by atoms with Crippen LogP contribution in [-0.4, -0.2) is 89.0 Å². The quantitative estimate of drug-likeness (QED) is 0.0204. The van der Waals surface area contributed by atoms with Gasteiger partial charge >= 0.3 is 11.9 Å². The first kappa shape index (κ1) is 53.2. The fourth-order valence-electron chi connectivity index (χ4n) is 7.21. The third-order valence-electron chi connectivity index (χ3n) is 10.9. The number of carbonyl (C=O) groups is 2. The Morgan fingerprint density at radius 2 is 1.04 bits per heavy atom. The number of aliphatic hydroxyl groups is 4. The predicted molar refractivity (Wildman–Crippen MR) is 229 cm³/mol. The number of rotatable bonds is 39. The Hall–Kier alpha value is -1.82. The van der Waals surface area contributed by atoms with Crippen molar-refractivity contribution >= 4 is 11.9 Å². The van der Waals surface area contributed by atoms with E-state index in [9.17, 15) is 30.0 Å². The summed E-state index contributed by atoms with van der Waals surface area (Å²) in [5.41, 5.74) is 0. The normalized spacial score (nSPS) is 20.4. The summed E-state index contributed by atoms with van der Waals surface area (Å²) in [6.07, 6.45) is 35.3. The van der Waals surface area contributed by atoms with Gasteiger partial charge in [0.2, 0.25) is 0 Å². The van der Waals surface area contributed by atoms with E-state index in [2.05, 4.69) is 13.8 Å². The molecule has 1 aliphatic rings. The number of hydrogen-bond donors (Lipinski definition) is 4. The van der Waals surface area contributed by atoms with Crippen LogP contribution in [0.5, 0.6) is 0 Å². The fraction of sp³-hybridized carbons (Fsp3) is 0.872. The van der Waals surface area contributed by atoms with Crippen molar-refractivity contribution in [1.82, 2.24) is 0 Å². The van der Waals surface area contributed by atoms with Gasteiger partial charge in [0, 0.05) is 12.5 Å². The minimum Gasteiger partial charge on any atom is -0.462 e. The summed E-state index contributed by atoms with van der Waals surface area (Å²) in [5, 5.41) is 40.0. The van der Waals surface area contributed by atoms with Crippen LogP contribution in [0, 0.1) is 0 Å². The molecule has 1 saturated heterocycles. The molecule has 0 aliphatic carbocycles. The van der Waals surface area contributed by atoms with Crippen LogP contribution in [0.25, 0.3) is 0 Å². The Balaban J connectivity index is 2.34. The van der Waals surface area contributed by atoms with Crippen LogP contribution in [0.1, 0.15) is 206 Å². The highest BCUT2D eigenvalue weighted by atomic mass is 16.7. The van der Waals surface area contributed by atoms with Crippen LogP contribution in [0.15, 0.2) is 24.3 Å². The van der Waals surface area contributed by atoms with Crippen molar-refractivity contribution in [2.75, 3.05) is 19.8 Å². The van der Waals surface area contributed by atoms with Crippen molar-refractivity contribution in [2.45, 2.75) is 243 Å². The number of carbonyl (C=O) groups excluding carboxylic acids is 2. The molecule has 2 unspecified atom stereocenters. The SMILES string of the molecule is CCCCCCCCCCCCC/C=C/C=C/C(=O)O[C@@H](COC(=O)CCCCCCCCCCCCCCCCCCC)CO[C@H]1O[C@@H](CO)[C@@H](O)C(O)C1O. The van der Waals surface area contributed by atoms with Crippen molar-refractivity contribution in [3.63, 3.8) is 0 Å². The topological polar surface area (TPSA) is 152 Å². The van der Waals surface area contributed by atoms with Gasteiger partial charge in [0.05, 0.1) is 13.2 Å². The summed E-state index contributed by atoms with van der Waals surface area (Å²) in [4.78, 5) is 25.2. The van der Waals surface area contributed by atoms with Gasteiger partial charge in [-0.15, -0.1) is 0 Å². The molecular formula is C47H86O10. The zero-order valence-corrected chi connectivity index (χ0v) is 36.3. The van der Waals surface area contributed by atoms with Gasteiger partial charge in [0.15, 0.2) is 12.4 Å². The maximum absolute atomic E-state index is 12.7. The van der Waals surface area contributed by atoms with Gasteiger partial charge < -0.3 is 39.4 Å². The Kier molecular flexibility index (Phi) is 35.8. The van der Waals surface area contributed by atoms with Crippen LogP contribution in [0.2, 0.25) is 0 Å². The molecular weight excluding hydrogens is 725 g/mol. The van der Waals surface area contributed by atoms with E-state index in [4.69, 9.17) is 18.9 Å². The van der Waals surface area contributed by atoms with E-state index in [1.165, 1.54) is 160 Å². The van der Waals surface area contributed by atoms with Crippen molar-refractivity contribution < 1.29 is 49.0 Å². The molecule has 4 N–H and O–H groups in total. The summed E-state index contributed by atoms with van der Waals surface area (Å²) >= 11 is 0. The van der Waals surface area contributed by atoms with E-state index in [1.807, 2.05) is 12.2 Å². The average molecular weight is 811 g/mol. The highest BCUT2D eigenvalue weighted by Crippen LogP contribution is 2.22. The third-order valence-corrected chi connectivity index (χ3v) is 10.9. The van der Waals surface area contributed by atoms with Gasteiger partial charge in [-0.1, -0.05) is 199 Å². The lowest BCUT2D eigenvalue weighted by molar-refractivity contribution is -0.305. The van der Waals surface area contributed by atoms with Crippen LogP contribution in [0.3, 0.4) is 0 Å². The van der Waals surface area contributed by atoms with Crippen molar-refractivity contribution in [2.24, 2.45) is 0 Å². The summed E-state index contributed by atoms with van der Waals surface area (Å²) in [6, 6.07) is 0. The largest absolute Gasteiger partial charge is 0.462 e. The molecule has 1 rings (SSSR count). The molecule has 0 spiro atoms. The second-order valence-corrected chi connectivity index (χ2v) is 16.3. The molecule has 57 heavy (non-hydrogen) atoms. The Morgan fingerprint density at radius 1 is 0.579 bits per heavy atom. The first-order chi connectivity index (χ1) is 27.8. The number of hydrogen-bond acceptors (Lipinski definition) is 10. The van der Waals surface area contributed by atoms with Crippen LogP contribution in [-0.2, 0) is 28.5 Å². The smallest absolute Gasteiger partial charge is 0.331 e. The van der Waals surface area contributed by atoms with Gasteiger partial charge in [-0.3, -0.25) is 4.79 Å². The van der Waals surface area contributed by atoms with Gasteiger partial charge in [-0.2, -0.15) is 0 Å². The second-order valence-electron chi connectivity index (χ2n) is 16.3. The molecule has 0 radical (unpaired) electrons. The predicted octanol–water partition coefficient (Wildman–Crippen LogP) is 10.1. The highest BCUT2D eigenvalue weighted by Gasteiger charge is 2.44. The number of esters is 2. The van der Waals surface area contributed by atoms with Crippen molar-refractivity contribution in [3.8, 4) is 0 Å². The standard InChI is InChI=1S/C47H86O10/c1-3-5-7-9-11-13-15-17-19-20-22-23-25-27-29-31-33-35-42(49)54-38-40(39-55-47-46(53)45(52)44(51)41(37-48)57-47)56-43(50)36-34-32-30-28-26-24-21-18-16-14-12-10-8-6-4-2/h30,32,34,36,40-41,44-48,51-53H,3-29,31,33,35,37-39H2,1-2H3/b32-30+,36-34+/t40-,41-,44+,45?,46?,47-/m0/s1. The van der Waals surface area contributed by atoms with Gasteiger partial charge in [-0.05, 0) is 19.3 Å². The van der Waals surface area contributed by atoms with Gasteiger partial charge in [0.1, 0.15) is 31.0 Å². The van der Waals surface area contributed by atoms with Crippen LogP contribution >= 0.6 is 0 Å². The highest BCUT2D eigenvalue weighted by molar-refractivity contribution is 5.82. The molecule has 0 aromatic rings. The number of unbranched alkanes of at least 4 members (excludes halogenated alkanes) is 27. The van der Waals surface area contributed by atoms with Crippen LogP contribution < -0.4 is 0 Å². The summed E-state index contributed by atoms with van der Waals surface area (Å²) in [6.45, 7) is 3.34. The van der Waals surface area contributed by atoms with E-state index in [0.717, 1.165) is 32.1 Å². The maximum Gasteiger partial charge on any atom is 0.331 e. The zero-order chi connectivity index (χ0) is 41.6. The summed E-state index contributed by atoms with van der Waals surface area (Å²) in [7, 11) is 0. The maximum atomic E-state index is 12.7. The molecule has 0 saturated carbocycles. The van der Waals surface area contributed by atoms with E-state index in [-0.39, 0.29) is 19.6 Å². The monoisotopic (exact) mass is 811 g/mol. The number of aliphatic hydroxyl groups excluding tert-OH is 4. The molecule has 1 fully saturated rings. The minimum atomic E-state index is -1.61. The zero-order valence-electron chi connectivity index (χ0n) is 36.3. The molecule has 0 amide bonds. The lowest BCUT2D eigenvalue weighted by Gasteiger charge is -2.39. The molecule has 0 bridgehead atoms. The Bertz CT molecular complexity index is 985. The third kappa shape index (κ3) is 30.0. The van der Waals surface area contributed by atoms with Crippen molar-refractivity contribution in [1.29, 1.82) is 0 Å². The lowest BCUT2D eigenvalue weighted by atomic mass is 9.99. The number of allylic oxidation sites excluding steroid dienone is 3. The van der Waals surface area contributed by atoms with E-state index in [0.29, 0.717) is 0 Å². The molecule has 10 nitrogen and oxygen atoms in total. The second kappa shape index (κ2) is 38.4. The molecule has 1 aliphatic heterocycles. The summed E-state index contributed by atoms with van der Waals surface area (Å²) < 4.78 is 22.0. The van der Waals surface area contributed by atoms with E-state index < -0.39 is 55.4 Å². The molecule has 6 atom stereocenters.